The normalized spacial score (nSPS) is 11.6. The maximum Gasteiger partial charge on any atom is 0.208 e. The van der Waals surface area contributed by atoms with E-state index < -0.39 is 10.0 Å². The summed E-state index contributed by atoms with van der Waals surface area (Å²) in [5.41, 5.74) is 0.654. The Labute approximate surface area is 105 Å². The van der Waals surface area contributed by atoms with E-state index in [1.165, 1.54) is 0 Å². The first-order chi connectivity index (χ1) is 8.56. The monoisotopic (exact) mass is 267 g/mol. The third-order valence-electron chi connectivity index (χ3n) is 2.22. The van der Waals surface area contributed by atoms with Crippen LogP contribution in [0.4, 0.5) is 0 Å². The quantitative estimate of drug-likeness (QED) is 0.816. The van der Waals surface area contributed by atoms with E-state index in [2.05, 4.69) is 19.7 Å². The number of nitrogens with one attached hydrogen (secondary N) is 1. The average Bonchev–Trinajstić information content (AvgIpc) is 2.77. The van der Waals surface area contributed by atoms with Crippen LogP contribution in [-0.4, -0.2) is 40.7 Å². The van der Waals surface area contributed by atoms with Gasteiger partial charge in [0.05, 0.1) is 12.5 Å². The van der Waals surface area contributed by atoms with Gasteiger partial charge in [0.25, 0.3) is 0 Å². The van der Waals surface area contributed by atoms with Gasteiger partial charge in [-0.25, -0.2) is 23.1 Å². The Kier molecular flexibility index (Phi) is 3.68. The Morgan fingerprint density at radius 1 is 1.28 bits per heavy atom. The molecule has 0 atom stereocenters. The number of nitrogens with zero attached hydrogens (tertiary/aromatic N) is 4. The van der Waals surface area contributed by atoms with Gasteiger partial charge >= 0.3 is 0 Å². The van der Waals surface area contributed by atoms with Gasteiger partial charge in [-0.1, -0.05) is 0 Å². The van der Waals surface area contributed by atoms with Crippen LogP contribution in [-0.2, 0) is 16.6 Å². The lowest BCUT2D eigenvalue weighted by Gasteiger charge is -2.07. The number of hydrogen-bond acceptors (Lipinski definition) is 5. The lowest BCUT2D eigenvalue weighted by molar-refractivity contribution is 0.579. The van der Waals surface area contributed by atoms with Crippen molar-refractivity contribution < 1.29 is 8.42 Å². The molecule has 0 unspecified atom stereocenters. The molecule has 0 aliphatic heterocycles. The summed E-state index contributed by atoms with van der Waals surface area (Å²) in [6.45, 7) is 0.793. The third-order valence-corrected chi connectivity index (χ3v) is 2.95. The number of aromatic nitrogens is 4. The zero-order valence-electron chi connectivity index (χ0n) is 9.81. The van der Waals surface area contributed by atoms with Gasteiger partial charge < -0.3 is 4.57 Å². The van der Waals surface area contributed by atoms with Gasteiger partial charge in [0.1, 0.15) is 5.69 Å². The van der Waals surface area contributed by atoms with Crippen molar-refractivity contribution >= 4 is 10.0 Å². The van der Waals surface area contributed by atoms with Crippen molar-refractivity contribution in [3.8, 4) is 11.5 Å². The highest BCUT2D eigenvalue weighted by molar-refractivity contribution is 7.88. The van der Waals surface area contributed by atoms with Crippen LogP contribution in [0.15, 0.2) is 31.0 Å². The molecule has 8 heteroatoms. The second-order valence-electron chi connectivity index (χ2n) is 3.70. The van der Waals surface area contributed by atoms with Gasteiger partial charge in [0, 0.05) is 37.9 Å². The summed E-state index contributed by atoms with van der Waals surface area (Å²) in [6.07, 6.45) is 9.33. The first-order valence-electron chi connectivity index (χ1n) is 5.28. The summed E-state index contributed by atoms with van der Waals surface area (Å²) in [6, 6.07) is 0. The molecule has 2 heterocycles. The second kappa shape index (κ2) is 5.23. The van der Waals surface area contributed by atoms with E-state index in [-0.39, 0.29) is 0 Å². The molecule has 96 valence electrons. The van der Waals surface area contributed by atoms with Gasteiger partial charge in [-0.3, -0.25) is 4.98 Å². The van der Waals surface area contributed by atoms with Gasteiger partial charge in [-0.2, -0.15) is 0 Å². The molecule has 0 radical (unpaired) electrons. The predicted octanol–water partition coefficient (Wildman–Crippen LogP) is -0.111. The minimum atomic E-state index is -3.17. The Morgan fingerprint density at radius 2 is 2.11 bits per heavy atom. The molecule has 2 aromatic rings. The standard InChI is InChI=1S/C10H13N5O2S/c1-18(16,17)14-5-7-15-6-4-13-10(15)9-8-11-2-3-12-9/h2-4,6,8,14H,5,7H2,1H3. The molecule has 1 N–H and O–H groups in total. The molecule has 0 amide bonds. The van der Waals surface area contributed by atoms with Crippen LogP contribution in [0.25, 0.3) is 11.5 Å². The Hall–Kier alpha value is -1.80. The van der Waals surface area contributed by atoms with Crippen LogP contribution < -0.4 is 4.72 Å². The summed E-state index contributed by atoms with van der Waals surface area (Å²) in [5, 5.41) is 0. The fourth-order valence-corrected chi connectivity index (χ4v) is 1.95. The molecule has 7 nitrogen and oxygen atoms in total. The molecule has 18 heavy (non-hydrogen) atoms. The van der Waals surface area contributed by atoms with Gasteiger partial charge in [0.15, 0.2) is 5.82 Å². The van der Waals surface area contributed by atoms with E-state index >= 15 is 0 Å². The smallest absolute Gasteiger partial charge is 0.208 e. The zero-order chi connectivity index (χ0) is 13.0. The molecule has 2 aromatic heterocycles. The molecular weight excluding hydrogens is 254 g/mol. The molecule has 0 spiro atoms. The first kappa shape index (κ1) is 12.7. The number of rotatable bonds is 5. The summed E-state index contributed by atoms with van der Waals surface area (Å²) in [7, 11) is -3.17. The predicted molar refractivity (Wildman–Crippen MR) is 66.1 cm³/mol. The SMILES string of the molecule is CS(=O)(=O)NCCn1ccnc1-c1cnccn1. The van der Waals surface area contributed by atoms with Crippen molar-refractivity contribution in [1.82, 2.24) is 24.2 Å². The average molecular weight is 267 g/mol. The molecule has 0 aromatic carbocycles. The Balaban J connectivity index is 2.09. The molecule has 0 bridgehead atoms. The minimum Gasteiger partial charge on any atom is -0.328 e. The highest BCUT2D eigenvalue weighted by atomic mass is 32.2. The third kappa shape index (κ3) is 3.34. The maximum atomic E-state index is 11.0. The largest absolute Gasteiger partial charge is 0.328 e. The lowest BCUT2D eigenvalue weighted by Crippen LogP contribution is -2.26. The number of sulfonamides is 1. The number of imidazole rings is 1. The minimum absolute atomic E-state index is 0.308. The molecule has 0 saturated carbocycles. The fraction of sp³-hybridized carbons (Fsp3) is 0.300. The van der Waals surface area contributed by atoms with Gasteiger partial charge in [-0.15, -0.1) is 0 Å². The van der Waals surface area contributed by atoms with Crippen molar-refractivity contribution in [2.75, 3.05) is 12.8 Å². The Morgan fingerprint density at radius 3 is 2.78 bits per heavy atom. The summed E-state index contributed by atoms with van der Waals surface area (Å²) < 4.78 is 26.2. The highest BCUT2D eigenvalue weighted by Crippen LogP contribution is 2.12. The summed E-state index contributed by atoms with van der Waals surface area (Å²) in [5.74, 6) is 0.665. The van der Waals surface area contributed by atoms with E-state index in [4.69, 9.17) is 0 Å². The molecule has 0 aliphatic carbocycles. The fourth-order valence-electron chi connectivity index (χ4n) is 1.49. The highest BCUT2D eigenvalue weighted by Gasteiger charge is 2.07. The van der Waals surface area contributed by atoms with E-state index in [1.54, 1.807) is 31.0 Å². The van der Waals surface area contributed by atoms with Crippen molar-refractivity contribution in [3.63, 3.8) is 0 Å². The summed E-state index contributed by atoms with van der Waals surface area (Å²) in [4.78, 5) is 12.3. The topological polar surface area (TPSA) is 89.8 Å². The summed E-state index contributed by atoms with van der Waals surface area (Å²) >= 11 is 0. The lowest BCUT2D eigenvalue weighted by atomic mass is 10.4. The van der Waals surface area contributed by atoms with Crippen LogP contribution in [0.2, 0.25) is 0 Å². The molecular formula is C10H13N5O2S. The van der Waals surface area contributed by atoms with Crippen LogP contribution >= 0.6 is 0 Å². The van der Waals surface area contributed by atoms with Gasteiger partial charge in [0.2, 0.25) is 10.0 Å². The zero-order valence-corrected chi connectivity index (χ0v) is 10.6. The van der Waals surface area contributed by atoms with Crippen molar-refractivity contribution in [2.45, 2.75) is 6.54 Å². The van der Waals surface area contributed by atoms with Crippen LogP contribution in [0.5, 0.6) is 0 Å². The van der Waals surface area contributed by atoms with E-state index in [9.17, 15) is 8.42 Å². The number of hydrogen-bond donors (Lipinski definition) is 1. The van der Waals surface area contributed by atoms with E-state index in [1.807, 2.05) is 4.57 Å². The van der Waals surface area contributed by atoms with E-state index in [0.717, 1.165) is 6.26 Å². The first-order valence-corrected chi connectivity index (χ1v) is 7.17. The van der Waals surface area contributed by atoms with Crippen molar-refractivity contribution in [1.29, 1.82) is 0 Å². The Bertz CT molecular complexity index is 608. The molecule has 0 fully saturated rings. The van der Waals surface area contributed by atoms with Gasteiger partial charge in [-0.05, 0) is 0 Å². The van der Waals surface area contributed by atoms with Crippen LogP contribution in [0, 0.1) is 0 Å². The van der Waals surface area contributed by atoms with Crippen molar-refractivity contribution in [3.05, 3.63) is 31.0 Å². The molecule has 2 rings (SSSR count). The van der Waals surface area contributed by atoms with Crippen LogP contribution in [0.3, 0.4) is 0 Å². The van der Waals surface area contributed by atoms with Crippen LogP contribution in [0.1, 0.15) is 0 Å². The molecule has 0 saturated heterocycles. The van der Waals surface area contributed by atoms with Crippen molar-refractivity contribution in [2.24, 2.45) is 0 Å². The molecule has 0 aliphatic rings. The second-order valence-corrected chi connectivity index (χ2v) is 5.53. The maximum absolute atomic E-state index is 11.0. The van der Waals surface area contributed by atoms with E-state index in [0.29, 0.717) is 24.6 Å².